The lowest BCUT2D eigenvalue weighted by Crippen LogP contribution is -2.65. The zero-order chi connectivity index (χ0) is 29.2. The number of anilines is 1. The van der Waals surface area contributed by atoms with Crippen LogP contribution in [-0.2, 0) is 10.2 Å². The van der Waals surface area contributed by atoms with Gasteiger partial charge in [0.05, 0.1) is 6.61 Å². The molecule has 0 saturated heterocycles. The molecule has 1 amide bonds. The number of alkyl halides is 1. The number of hydrogen-bond acceptors (Lipinski definition) is 5. The molecule has 0 unspecified atom stereocenters. The first kappa shape index (κ1) is 27.6. The molecule has 7 heteroatoms. The molecule has 0 spiro atoms. The van der Waals surface area contributed by atoms with Gasteiger partial charge in [0, 0.05) is 30.0 Å². The molecule has 0 radical (unpaired) electrons. The molecule has 0 aliphatic heterocycles. The lowest BCUT2D eigenvalue weighted by atomic mass is 9.41. The molecule has 9 rings (SSSR count). The minimum atomic E-state index is -1.00. The molecule has 4 bridgehead atoms. The van der Waals surface area contributed by atoms with Crippen LogP contribution in [0.25, 0.3) is 11.1 Å². The van der Waals surface area contributed by atoms with Gasteiger partial charge in [0.2, 0.25) is 11.8 Å². The van der Waals surface area contributed by atoms with Crippen molar-refractivity contribution in [3.8, 4) is 16.9 Å². The molecule has 6 aliphatic rings. The van der Waals surface area contributed by atoms with Gasteiger partial charge in [-0.05, 0) is 111 Å². The number of carbonyl (C=O) groups is 1. The van der Waals surface area contributed by atoms with E-state index in [-0.39, 0.29) is 28.1 Å². The summed E-state index contributed by atoms with van der Waals surface area (Å²) in [5.74, 6) is 2.82. The Balaban J connectivity index is 1.13. The van der Waals surface area contributed by atoms with Crippen molar-refractivity contribution < 1.29 is 18.4 Å². The first-order valence-corrected chi connectivity index (χ1v) is 15.8. The lowest BCUT2D eigenvalue weighted by molar-refractivity contribution is -0.215. The van der Waals surface area contributed by atoms with E-state index < -0.39 is 5.67 Å². The van der Waals surface area contributed by atoms with Crippen molar-refractivity contribution in [3.63, 3.8) is 0 Å². The maximum absolute atomic E-state index is 14.4. The summed E-state index contributed by atoms with van der Waals surface area (Å²) in [6.07, 6.45) is 8.20. The standard InChI is InChI=1S/C35H42FN3O3/c1-4-41-28-10-8-25(9-11-28)26-6-5-7-27(18-26)39(29(40)19-33-20-35(36,21-33)22-33)23-32-12-15-34(16-13-32,17-14-32)31-37-30(24(2)3)38-42-31/h5-11,18,24H,4,12-17,19-23H2,1-3H3. The molecule has 2 aromatic carbocycles. The van der Waals surface area contributed by atoms with Crippen LogP contribution in [0, 0.1) is 10.8 Å². The first-order valence-electron chi connectivity index (χ1n) is 15.8. The highest BCUT2D eigenvalue weighted by Crippen LogP contribution is 2.71. The third-order valence-corrected chi connectivity index (χ3v) is 10.9. The van der Waals surface area contributed by atoms with Crippen LogP contribution in [0.5, 0.6) is 5.75 Å². The second kappa shape index (κ2) is 9.92. The largest absolute Gasteiger partial charge is 0.494 e. The third-order valence-electron chi connectivity index (χ3n) is 10.9. The van der Waals surface area contributed by atoms with E-state index in [1.807, 2.05) is 30.0 Å². The van der Waals surface area contributed by atoms with Gasteiger partial charge >= 0.3 is 0 Å². The number of amides is 1. The summed E-state index contributed by atoms with van der Waals surface area (Å²) in [7, 11) is 0. The number of fused-ring (bicyclic) bond motifs is 3. The van der Waals surface area contributed by atoms with Crippen LogP contribution in [0.4, 0.5) is 10.1 Å². The van der Waals surface area contributed by atoms with Crippen LogP contribution >= 0.6 is 0 Å². The van der Waals surface area contributed by atoms with Gasteiger partial charge in [-0.1, -0.05) is 43.3 Å². The Morgan fingerprint density at radius 3 is 2.26 bits per heavy atom. The molecule has 6 fully saturated rings. The van der Waals surface area contributed by atoms with Gasteiger partial charge in [0.25, 0.3) is 0 Å². The summed E-state index contributed by atoms with van der Waals surface area (Å²) < 4.78 is 25.8. The van der Waals surface area contributed by atoms with Gasteiger partial charge in [-0.2, -0.15) is 4.98 Å². The molecule has 1 aromatic heterocycles. The number of halogens is 1. The molecule has 6 aliphatic carbocycles. The summed E-state index contributed by atoms with van der Waals surface area (Å²) in [6.45, 7) is 7.50. The Kier molecular flexibility index (Phi) is 6.52. The van der Waals surface area contributed by atoms with Crippen molar-refractivity contribution in [2.45, 2.75) is 102 Å². The summed E-state index contributed by atoms with van der Waals surface area (Å²) in [4.78, 5) is 20.9. The van der Waals surface area contributed by atoms with Crippen molar-refractivity contribution in [1.82, 2.24) is 10.1 Å². The zero-order valence-electron chi connectivity index (χ0n) is 25.1. The van der Waals surface area contributed by atoms with Crippen LogP contribution in [0.1, 0.15) is 103 Å². The SMILES string of the molecule is CCOc1ccc(-c2cccc(N(CC34CCC(c5nc(C(C)C)no5)(CC3)CC4)C(=O)CC34CC(F)(C3)C4)c2)cc1. The maximum Gasteiger partial charge on any atom is 0.232 e. The number of aromatic nitrogens is 2. The Bertz CT molecular complexity index is 1430. The van der Waals surface area contributed by atoms with Gasteiger partial charge in [0.15, 0.2) is 5.82 Å². The first-order chi connectivity index (χ1) is 20.1. The van der Waals surface area contributed by atoms with Crippen LogP contribution in [0.15, 0.2) is 53.1 Å². The third kappa shape index (κ3) is 4.73. The van der Waals surface area contributed by atoms with Crippen LogP contribution in [-0.4, -0.2) is 34.9 Å². The van der Waals surface area contributed by atoms with E-state index in [2.05, 4.69) is 49.3 Å². The number of ether oxygens (including phenoxy) is 1. The molecule has 0 atom stereocenters. The Morgan fingerprint density at radius 1 is 0.976 bits per heavy atom. The molecule has 6 nitrogen and oxygen atoms in total. The summed E-state index contributed by atoms with van der Waals surface area (Å²) in [6, 6.07) is 16.5. The molecule has 0 N–H and O–H groups in total. The Morgan fingerprint density at radius 2 is 1.67 bits per heavy atom. The molecular weight excluding hydrogens is 529 g/mol. The smallest absolute Gasteiger partial charge is 0.232 e. The average molecular weight is 572 g/mol. The van der Waals surface area contributed by atoms with Gasteiger partial charge < -0.3 is 14.2 Å². The van der Waals surface area contributed by atoms with Crippen LogP contribution < -0.4 is 9.64 Å². The van der Waals surface area contributed by atoms with E-state index in [9.17, 15) is 9.18 Å². The Hall–Kier alpha value is -3.22. The van der Waals surface area contributed by atoms with Crippen LogP contribution in [0.3, 0.4) is 0 Å². The van der Waals surface area contributed by atoms with Gasteiger partial charge in [-0.15, -0.1) is 0 Å². The number of hydrogen-bond donors (Lipinski definition) is 0. The lowest BCUT2D eigenvalue weighted by Gasteiger charge is -2.66. The monoisotopic (exact) mass is 571 g/mol. The van der Waals surface area contributed by atoms with E-state index in [4.69, 9.17) is 14.2 Å². The second-order valence-corrected chi connectivity index (χ2v) is 14.2. The highest BCUT2D eigenvalue weighted by Gasteiger charge is 2.69. The van der Waals surface area contributed by atoms with E-state index >= 15 is 0 Å². The zero-order valence-corrected chi connectivity index (χ0v) is 25.1. The van der Waals surface area contributed by atoms with Crippen LogP contribution in [0.2, 0.25) is 0 Å². The fraction of sp³-hybridized carbons (Fsp3) is 0.571. The number of nitrogens with zero attached hydrogens (tertiary/aromatic N) is 3. The van der Waals surface area contributed by atoms with E-state index in [1.165, 1.54) is 0 Å². The average Bonchev–Trinajstić information content (AvgIpc) is 3.48. The minimum Gasteiger partial charge on any atom is -0.494 e. The molecule has 3 aromatic rings. The quantitative estimate of drug-likeness (QED) is 0.246. The van der Waals surface area contributed by atoms with Gasteiger partial charge in [-0.3, -0.25) is 4.79 Å². The predicted octanol–water partition coefficient (Wildman–Crippen LogP) is 8.17. The molecule has 6 saturated carbocycles. The van der Waals surface area contributed by atoms with E-state index in [0.717, 1.165) is 72.8 Å². The van der Waals surface area contributed by atoms with Crippen molar-refractivity contribution in [2.75, 3.05) is 18.1 Å². The fourth-order valence-corrected chi connectivity index (χ4v) is 8.39. The number of rotatable bonds is 10. The Labute approximate surface area is 248 Å². The highest BCUT2D eigenvalue weighted by atomic mass is 19.1. The van der Waals surface area contributed by atoms with Crippen molar-refractivity contribution in [1.29, 1.82) is 0 Å². The molecule has 42 heavy (non-hydrogen) atoms. The van der Waals surface area contributed by atoms with E-state index in [1.54, 1.807) is 0 Å². The summed E-state index contributed by atoms with van der Waals surface area (Å²) in [5, 5.41) is 4.26. The summed E-state index contributed by atoms with van der Waals surface area (Å²) in [5.41, 5.74) is 1.99. The highest BCUT2D eigenvalue weighted by molar-refractivity contribution is 5.95. The van der Waals surface area contributed by atoms with Crippen molar-refractivity contribution >= 4 is 11.6 Å². The predicted molar refractivity (Wildman–Crippen MR) is 160 cm³/mol. The fourth-order valence-electron chi connectivity index (χ4n) is 8.39. The topological polar surface area (TPSA) is 68.5 Å². The van der Waals surface area contributed by atoms with E-state index in [0.29, 0.717) is 38.8 Å². The minimum absolute atomic E-state index is 0.0361. The van der Waals surface area contributed by atoms with Crippen molar-refractivity contribution in [2.24, 2.45) is 10.8 Å². The summed E-state index contributed by atoms with van der Waals surface area (Å²) >= 11 is 0. The van der Waals surface area contributed by atoms with Gasteiger partial charge in [-0.25, -0.2) is 4.39 Å². The second-order valence-electron chi connectivity index (χ2n) is 14.2. The number of benzene rings is 2. The normalized spacial score (nSPS) is 31.0. The molecule has 1 heterocycles. The number of carbonyl (C=O) groups excluding carboxylic acids is 1. The molecule has 222 valence electrons. The molecular formula is C35H42FN3O3. The maximum atomic E-state index is 14.4. The van der Waals surface area contributed by atoms with Crippen molar-refractivity contribution in [3.05, 3.63) is 60.2 Å². The van der Waals surface area contributed by atoms with Gasteiger partial charge in [0.1, 0.15) is 11.4 Å².